The molecular formula is C17H30Cl2N3SiTi+. The Morgan fingerprint density at radius 2 is 1.75 bits per heavy atom. The monoisotopic (exact) mass is 422 g/mol. The van der Waals surface area contributed by atoms with Crippen molar-refractivity contribution in [1.29, 1.82) is 0 Å². The summed E-state index contributed by atoms with van der Waals surface area (Å²) in [5, 5.41) is 9.03. The van der Waals surface area contributed by atoms with Crippen LogP contribution in [0.4, 0.5) is 0 Å². The van der Waals surface area contributed by atoms with Gasteiger partial charge < -0.3 is 22.6 Å². The number of hydrogen-bond donors (Lipinski definition) is 0. The third-order valence-electron chi connectivity index (χ3n) is 5.69. The standard InChI is InChI=1S/C16H27N3Si.CH3.2ClH.Ti/c1-4-13-9-14-7-5-6-8-15(14)16(13)20(2,3)19-11-17-10-18-12-19;;;;/h5-8,13-16H,4,9-12H2,1-3H3;1H3;2*1H;/q-2;-1;;;+6/p-2. The molecule has 0 spiro atoms. The summed E-state index contributed by atoms with van der Waals surface area (Å²) in [6.07, 6.45) is 12.1. The summed E-state index contributed by atoms with van der Waals surface area (Å²) in [4.78, 5) is 0. The van der Waals surface area contributed by atoms with Crippen LogP contribution in [-0.4, -0.2) is 32.8 Å². The Morgan fingerprint density at radius 1 is 1.17 bits per heavy atom. The van der Waals surface area contributed by atoms with Crippen molar-refractivity contribution >= 4 is 26.8 Å². The van der Waals surface area contributed by atoms with Crippen LogP contribution in [0.1, 0.15) is 19.8 Å². The predicted octanol–water partition coefficient (Wildman–Crippen LogP) is 6.11. The quantitative estimate of drug-likeness (QED) is 0.398. The second-order valence-corrected chi connectivity index (χ2v) is 14.3. The number of hydrogen-bond acceptors (Lipinski definition) is 1. The molecule has 24 heavy (non-hydrogen) atoms. The summed E-state index contributed by atoms with van der Waals surface area (Å²) in [7, 11) is 8.28. The number of halogens is 2. The van der Waals surface area contributed by atoms with Crippen molar-refractivity contribution in [2.75, 3.05) is 20.0 Å². The zero-order valence-electron chi connectivity index (χ0n) is 15.3. The van der Waals surface area contributed by atoms with Gasteiger partial charge in [-0.05, 0) is 29.7 Å². The van der Waals surface area contributed by atoms with E-state index in [4.69, 9.17) is 18.6 Å². The summed E-state index contributed by atoms with van der Waals surface area (Å²) < 4.78 is 2.61. The van der Waals surface area contributed by atoms with Gasteiger partial charge in [-0.3, -0.25) is 6.67 Å². The molecule has 4 atom stereocenters. The first-order valence-corrected chi connectivity index (χ1v) is 15.7. The molecule has 0 bridgehead atoms. The molecule has 1 heterocycles. The molecule has 2 aliphatic carbocycles. The van der Waals surface area contributed by atoms with Crippen molar-refractivity contribution in [3.63, 3.8) is 0 Å². The Kier molecular flexibility index (Phi) is 10.4. The minimum absolute atomic E-state index is 0. The maximum absolute atomic E-state index is 4.89. The van der Waals surface area contributed by atoms with Gasteiger partial charge in [0.05, 0.1) is 0 Å². The molecule has 0 N–H and O–H groups in total. The first-order valence-electron chi connectivity index (χ1n) is 8.39. The van der Waals surface area contributed by atoms with E-state index >= 15 is 0 Å². The molecule has 134 valence electrons. The first-order chi connectivity index (χ1) is 11.1. The zero-order chi connectivity index (χ0) is 16.9. The van der Waals surface area contributed by atoms with Gasteiger partial charge in [0, 0.05) is 0 Å². The van der Waals surface area contributed by atoms with Crippen molar-refractivity contribution in [2.45, 2.75) is 38.4 Å². The van der Waals surface area contributed by atoms with E-state index in [-0.39, 0.29) is 7.43 Å². The second kappa shape index (κ2) is 10.9. The van der Waals surface area contributed by atoms with E-state index in [2.05, 4.69) is 59.5 Å². The molecule has 7 heteroatoms. The number of allylic oxidation sites excluding steroid dienone is 4. The molecule has 2 fully saturated rings. The fourth-order valence-corrected chi connectivity index (χ4v) is 8.77. The normalized spacial score (nSPS) is 32.7. The fourth-order valence-electron chi connectivity index (χ4n) is 4.59. The van der Waals surface area contributed by atoms with Crippen LogP contribution in [0.25, 0.3) is 10.6 Å². The van der Waals surface area contributed by atoms with E-state index in [0.29, 0.717) is 6.67 Å². The summed E-state index contributed by atoms with van der Waals surface area (Å²) >= 11 is -0.556. The van der Waals surface area contributed by atoms with E-state index in [0.717, 1.165) is 36.6 Å². The molecule has 4 unspecified atom stereocenters. The average molecular weight is 423 g/mol. The van der Waals surface area contributed by atoms with Crippen LogP contribution in [0.5, 0.6) is 0 Å². The van der Waals surface area contributed by atoms with Gasteiger partial charge in [0.25, 0.3) is 0 Å². The Labute approximate surface area is 166 Å². The molecule has 0 radical (unpaired) electrons. The molecular weight excluding hydrogens is 393 g/mol. The van der Waals surface area contributed by atoms with Crippen LogP contribution >= 0.6 is 18.6 Å². The molecule has 0 aromatic heterocycles. The van der Waals surface area contributed by atoms with Crippen molar-refractivity contribution in [1.82, 2.24) is 4.57 Å². The van der Waals surface area contributed by atoms with Gasteiger partial charge >= 0.3 is 35.6 Å². The molecule has 3 aliphatic rings. The van der Waals surface area contributed by atoms with Crippen LogP contribution in [0, 0.1) is 25.2 Å². The molecule has 3 nitrogen and oxygen atoms in total. The van der Waals surface area contributed by atoms with Gasteiger partial charge in [0.2, 0.25) is 0 Å². The number of rotatable bonds is 3. The third kappa shape index (κ3) is 5.20. The van der Waals surface area contributed by atoms with Crippen LogP contribution in [0.2, 0.25) is 18.6 Å². The van der Waals surface area contributed by atoms with Crippen LogP contribution in [-0.2, 0) is 17.0 Å². The fraction of sp³-hybridized carbons (Fsp3) is 0.706. The second-order valence-electron chi connectivity index (χ2n) is 7.08. The first kappa shape index (κ1) is 22.9. The Bertz CT molecular complexity index is 428. The topological polar surface area (TPSA) is 31.4 Å². The Morgan fingerprint density at radius 3 is 2.33 bits per heavy atom. The van der Waals surface area contributed by atoms with Gasteiger partial charge in [0.15, 0.2) is 0 Å². The minimum atomic E-state index is -1.50. The van der Waals surface area contributed by atoms with Crippen molar-refractivity contribution in [3.8, 4) is 0 Å². The predicted molar refractivity (Wildman–Crippen MR) is 106 cm³/mol. The van der Waals surface area contributed by atoms with E-state index in [1.54, 1.807) is 0 Å². The van der Waals surface area contributed by atoms with Gasteiger partial charge in [-0.1, -0.05) is 50.7 Å². The molecule has 1 saturated heterocycles. The van der Waals surface area contributed by atoms with Gasteiger partial charge in [0.1, 0.15) is 8.24 Å². The Balaban J connectivity index is 0.000000671. The average Bonchev–Trinajstić information content (AvgIpc) is 2.95. The number of fused-ring (bicyclic) bond motifs is 1. The summed E-state index contributed by atoms with van der Waals surface area (Å²) in [5.41, 5.74) is 0.849. The summed E-state index contributed by atoms with van der Waals surface area (Å²) in [5.74, 6) is 2.41. The Hall–Kier alpha value is 0.871. The van der Waals surface area contributed by atoms with Gasteiger partial charge in [-0.2, -0.15) is 0 Å². The van der Waals surface area contributed by atoms with Crippen LogP contribution in [0.15, 0.2) is 24.3 Å². The summed E-state index contributed by atoms with van der Waals surface area (Å²) in [6, 6.07) is 0. The van der Waals surface area contributed by atoms with E-state index < -0.39 is 25.3 Å². The van der Waals surface area contributed by atoms with Crippen LogP contribution in [0.3, 0.4) is 0 Å². The van der Waals surface area contributed by atoms with Crippen LogP contribution < -0.4 is 0 Å². The molecule has 3 rings (SSSR count). The number of nitrogens with zero attached hydrogens (tertiary/aromatic N) is 3. The SMILES string of the molecule is CCC1CC2C=CC=CC2C1[Si](C)(C)N1C[N-]C[N-]C1.[CH3-].[Cl][Ti+4][Cl]. The molecule has 0 amide bonds. The van der Waals surface area contributed by atoms with E-state index in [1.165, 1.54) is 12.8 Å². The van der Waals surface area contributed by atoms with Gasteiger partial charge in [-0.25, -0.2) is 0 Å². The zero-order valence-corrected chi connectivity index (χ0v) is 19.3. The van der Waals surface area contributed by atoms with Crippen molar-refractivity contribution < 1.29 is 17.0 Å². The maximum atomic E-state index is 4.89. The molecule has 0 aromatic rings. The molecule has 1 saturated carbocycles. The van der Waals surface area contributed by atoms with E-state index in [9.17, 15) is 0 Å². The van der Waals surface area contributed by atoms with E-state index in [1.807, 2.05) is 0 Å². The third-order valence-corrected chi connectivity index (χ3v) is 10.1. The van der Waals surface area contributed by atoms with Crippen molar-refractivity contribution in [2.24, 2.45) is 17.8 Å². The van der Waals surface area contributed by atoms with Gasteiger partial charge in [-0.15, -0.1) is 13.3 Å². The summed E-state index contributed by atoms with van der Waals surface area (Å²) in [6.45, 7) is 9.99. The molecule has 0 aromatic carbocycles. The van der Waals surface area contributed by atoms with Crippen molar-refractivity contribution in [3.05, 3.63) is 42.4 Å². The molecule has 1 aliphatic heterocycles.